The van der Waals surface area contributed by atoms with Gasteiger partial charge < -0.3 is 20.1 Å². The van der Waals surface area contributed by atoms with E-state index < -0.39 is 0 Å². The zero-order valence-corrected chi connectivity index (χ0v) is 19.3. The first-order chi connectivity index (χ1) is 15.2. The van der Waals surface area contributed by atoms with E-state index >= 15 is 0 Å². The number of methoxy groups -OCH3 is 2. The van der Waals surface area contributed by atoms with E-state index in [9.17, 15) is 9.59 Å². The largest absolute Gasteiger partial charge is 0.497 e. The lowest BCUT2D eigenvalue weighted by Gasteiger charge is -2.15. The van der Waals surface area contributed by atoms with Gasteiger partial charge in [-0.3, -0.25) is 9.59 Å². The molecule has 6 heteroatoms. The Bertz CT molecular complexity index is 1050. The standard InChI is InChI=1S/C26H28N2O4/c1-15-10-21(31-5)11-16(2)23(15)27-25(29)19-8-7-9-20(14-19)26(30)28-24-17(3)12-22(32-6)13-18(24)4/h7-14H,1-6H3,(H,27,29)(H,28,30). The monoisotopic (exact) mass is 432 g/mol. The van der Waals surface area contributed by atoms with Crippen LogP contribution in [-0.2, 0) is 0 Å². The van der Waals surface area contributed by atoms with Gasteiger partial charge in [-0.25, -0.2) is 0 Å². The summed E-state index contributed by atoms with van der Waals surface area (Å²) in [5.41, 5.74) is 5.85. The van der Waals surface area contributed by atoms with Crippen LogP contribution in [0.2, 0.25) is 0 Å². The highest BCUT2D eigenvalue weighted by Crippen LogP contribution is 2.28. The van der Waals surface area contributed by atoms with Gasteiger partial charge in [0.25, 0.3) is 11.8 Å². The molecule has 0 aliphatic carbocycles. The maximum atomic E-state index is 12.9. The fourth-order valence-electron chi connectivity index (χ4n) is 3.65. The number of aryl methyl sites for hydroxylation is 4. The lowest BCUT2D eigenvalue weighted by molar-refractivity contribution is 0.102. The number of amides is 2. The second kappa shape index (κ2) is 9.56. The van der Waals surface area contributed by atoms with Gasteiger partial charge in [0.05, 0.1) is 14.2 Å². The van der Waals surface area contributed by atoms with Crippen LogP contribution in [-0.4, -0.2) is 26.0 Å². The lowest BCUT2D eigenvalue weighted by Crippen LogP contribution is -2.17. The number of hydrogen-bond donors (Lipinski definition) is 2. The quantitative estimate of drug-likeness (QED) is 0.544. The summed E-state index contributed by atoms with van der Waals surface area (Å²) in [6.45, 7) is 7.64. The van der Waals surface area contributed by atoms with Crippen LogP contribution in [0.4, 0.5) is 11.4 Å². The van der Waals surface area contributed by atoms with Crippen molar-refractivity contribution in [3.05, 3.63) is 81.9 Å². The van der Waals surface area contributed by atoms with Crippen LogP contribution in [0.3, 0.4) is 0 Å². The molecule has 3 rings (SSSR count). The minimum absolute atomic E-state index is 0.284. The Labute approximate surface area is 188 Å². The molecule has 0 aromatic heterocycles. The fraction of sp³-hybridized carbons (Fsp3) is 0.231. The maximum Gasteiger partial charge on any atom is 0.255 e. The Hall–Kier alpha value is -3.80. The fourth-order valence-corrected chi connectivity index (χ4v) is 3.65. The average Bonchev–Trinajstić information content (AvgIpc) is 2.78. The van der Waals surface area contributed by atoms with Crippen molar-refractivity contribution < 1.29 is 19.1 Å². The molecule has 0 saturated heterocycles. The van der Waals surface area contributed by atoms with E-state index in [2.05, 4.69) is 10.6 Å². The second-order valence-corrected chi connectivity index (χ2v) is 7.76. The number of benzene rings is 3. The molecule has 0 aliphatic heterocycles. The maximum absolute atomic E-state index is 12.9. The van der Waals surface area contributed by atoms with Gasteiger partial charge in [-0.1, -0.05) is 6.07 Å². The van der Waals surface area contributed by atoms with Crippen LogP contribution in [0.15, 0.2) is 48.5 Å². The summed E-state index contributed by atoms with van der Waals surface area (Å²) in [5.74, 6) is 0.905. The second-order valence-electron chi connectivity index (χ2n) is 7.76. The van der Waals surface area contributed by atoms with Crippen LogP contribution in [0.1, 0.15) is 43.0 Å². The highest BCUT2D eigenvalue weighted by molar-refractivity contribution is 6.09. The Kier molecular flexibility index (Phi) is 6.83. The summed E-state index contributed by atoms with van der Waals surface area (Å²) < 4.78 is 10.6. The van der Waals surface area contributed by atoms with Crippen molar-refractivity contribution in [1.29, 1.82) is 0 Å². The minimum atomic E-state index is -0.284. The Morgan fingerprint density at radius 3 is 1.28 bits per heavy atom. The summed E-state index contributed by atoms with van der Waals surface area (Å²) in [5, 5.41) is 5.91. The van der Waals surface area contributed by atoms with Gasteiger partial charge in [-0.15, -0.1) is 0 Å². The molecule has 0 unspecified atom stereocenters. The van der Waals surface area contributed by atoms with Crippen molar-refractivity contribution in [2.24, 2.45) is 0 Å². The SMILES string of the molecule is COc1cc(C)c(NC(=O)c2cccc(C(=O)Nc3c(C)cc(OC)cc3C)c2)c(C)c1. The molecule has 0 fully saturated rings. The van der Waals surface area contributed by atoms with Crippen LogP contribution in [0.5, 0.6) is 11.5 Å². The van der Waals surface area contributed by atoms with E-state index in [0.29, 0.717) is 11.1 Å². The summed E-state index contributed by atoms with van der Waals surface area (Å²) in [7, 11) is 3.22. The number of carbonyl (C=O) groups excluding carboxylic acids is 2. The molecule has 166 valence electrons. The smallest absolute Gasteiger partial charge is 0.255 e. The molecular weight excluding hydrogens is 404 g/mol. The Morgan fingerprint density at radius 2 is 0.969 bits per heavy atom. The van der Waals surface area contributed by atoms with Gasteiger partial charge in [-0.05, 0) is 92.4 Å². The van der Waals surface area contributed by atoms with Gasteiger partial charge in [0.2, 0.25) is 0 Å². The summed E-state index contributed by atoms with van der Waals surface area (Å²) >= 11 is 0. The third-order valence-electron chi connectivity index (χ3n) is 5.35. The Morgan fingerprint density at radius 1 is 0.625 bits per heavy atom. The van der Waals surface area contributed by atoms with Crippen LogP contribution < -0.4 is 20.1 Å². The van der Waals surface area contributed by atoms with Gasteiger partial charge in [0, 0.05) is 22.5 Å². The van der Waals surface area contributed by atoms with E-state index in [4.69, 9.17) is 9.47 Å². The zero-order valence-electron chi connectivity index (χ0n) is 19.3. The predicted molar refractivity (Wildman–Crippen MR) is 127 cm³/mol. The van der Waals surface area contributed by atoms with E-state index in [0.717, 1.165) is 45.1 Å². The molecule has 0 aliphatic rings. The number of nitrogens with one attached hydrogen (secondary N) is 2. The first kappa shape index (κ1) is 22.9. The minimum Gasteiger partial charge on any atom is -0.497 e. The molecule has 0 heterocycles. The van der Waals surface area contributed by atoms with E-state index in [1.165, 1.54) is 0 Å². The number of anilines is 2. The van der Waals surface area contributed by atoms with Gasteiger partial charge in [0.15, 0.2) is 0 Å². The molecule has 0 atom stereocenters. The topological polar surface area (TPSA) is 76.7 Å². The van der Waals surface area contributed by atoms with Crippen LogP contribution in [0.25, 0.3) is 0 Å². The van der Waals surface area contributed by atoms with E-state index in [1.54, 1.807) is 38.5 Å². The molecular formula is C26H28N2O4. The van der Waals surface area contributed by atoms with Crippen LogP contribution >= 0.6 is 0 Å². The summed E-state index contributed by atoms with van der Waals surface area (Å²) in [6.07, 6.45) is 0. The van der Waals surface area contributed by atoms with Crippen molar-refractivity contribution >= 4 is 23.2 Å². The first-order valence-electron chi connectivity index (χ1n) is 10.3. The third kappa shape index (κ3) is 4.91. The van der Waals surface area contributed by atoms with E-state index in [-0.39, 0.29) is 11.8 Å². The molecule has 2 amide bonds. The average molecular weight is 433 g/mol. The zero-order chi connectivity index (χ0) is 23.4. The molecule has 32 heavy (non-hydrogen) atoms. The van der Waals surface area contributed by atoms with Gasteiger partial charge >= 0.3 is 0 Å². The molecule has 3 aromatic rings. The predicted octanol–water partition coefficient (Wildman–Crippen LogP) is 5.44. The van der Waals surface area contributed by atoms with Crippen molar-refractivity contribution in [2.75, 3.05) is 24.9 Å². The van der Waals surface area contributed by atoms with Gasteiger partial charge in [0.1, 0.15) is 11.5 Å². The van der Waals surface area contributed by atoms with Crippen molar-refractivity contribution in [2.45, 2.75) is 27.7 Å². The summed E-state index contributed by atoms with van der Waals surface area (Å²) in [6, 6.07) is 14.1. The molecule has 3 aromatic carbocycles. The number of ether oxygens (including phenoxy) is 2. The highest BCUT2D eigenvalue weighted by Gasteiger charge is 2.15. The normalized spacial score (nSPS) is 10.4. The first-order valence-corrected chi connectivity index (χ1v) is 10.3. The van der Waals surface area contributed by atoms with Crippen molar-refractivity contribution in [1.82, 2.24) is 0 Å². The van der Waals surface area contributed by atoms with Crippen molar-refractivity contribution in [3.63, 3.8) is 0 Å². The number of rotatable bonds is 6. The molecule has 6 nitrogen and oxygen atoms in total. The third-order valence-corrected chi connectivity index (χ3v) is 5.35. The number of hydrogen-bond acceptors (Lipinski definition) is 4. The molecule has 0 saturated carbocycles. The molecule has 0 bridgehead atoms. The van der Waals surface area contributed by atoms with Crippen LogP contribution in [0, 0.1) is 27.7 Å². The highest BCUT2D eigenvalue weighted by atomic mass is 16.5. The summed E-state index contributed by atoms with van der Waals surface area (Å²) in [4.78, 5) is 25.8. The lowest BCUT2D eigenvalue weighted by atomic mass is 10.1. The molecule has 0 radical (unpaired) electrons. The molecule has 0 spiro atoms. The van der Waals surface area contributed by atoms with Crippen molar-refractivity contribution in [3.8, 4) is 11.5 Å². The van der Waals surface area contributed by atoms with E-state index in [1.807, 2.05) is 52.0 Å². The molecule has 2 N–H and O–H groups in total. The Balaban J connectivity index is 1.81. The van der Waals surface area contributed by atoms with Gasteiger partial charge in [-0.2, -0.15) is 0 Å². The number of carbonyl (C=O) groups is 2.